The molecule has 0 aliphatic rings. The van der Waals surface area contributed by atoms with Gasteiger partial charge in [0, 0.05) is 30.8 Å². The third kappa shape index (κ3) is 4.97. The van der Waals surface area contributed by atoms with Crippen LogP contribution in [-0.2, 0) is 25.7 Å². The highest BCUT2D eigenvalue weighted by Crippen LogP contribution is 2.31. The fourth-order valence-corrected chi connectivity index (χ4v) is 4.56. The van der Waals surface area contributed by atoms with Crippen molar-refractivity contribution < 1.29 is 16.8 Å². The molecule has 0 radical (unpaired) electrons. The van der Waals surface area contributed by atoms with Crippen molar-refractivity contribution in [2.24, 2.45) is 0 Å². The third-order valence-electron chi connectivity index (χ3n) is 2.69. The lowest BCUT2D eigenvalue weighted by Gasteiger charge is -2.18. The van der Waals surface area contributed by atoms with Gasteiger partial charge in [-0.2, -0.15) is 4.31 Å². The average Bonchev–Trinajstić information content (AvgIpc) is 2.36. The van der Waals surface area contributed by atoms with Crippen molar-refractivity contribution in [3.63, 3.8) is 0 Å². The van der Waals surface area contributed by atoms with Gasteiger partial charge in [0.2, 0.25) is 10.0 Å². The van der Waals surface area contributed by atoms with E-state index in [2.05, 4.69) is 0 Å². The lowest BCUT2D eigenvalue weighted by molar-refractivity contribution is 0.485. The summed E-state index contributed by atoms with van der Waals surface area (Å²) in [5, 5.41) is 0.172. The highest BCUT2D eigenvalue weighted by Gasteiger charge is 2.26. The zero-order valence-corrected chi connectivity index (χ0v) is 15.2. The summed E-state index contributed by atoms with van der Waals surface area (Å²) in [5.41, 5.74) is 0.390. The van der Waals surface area contributed by atoms with Crippen LogP contribution in [0, 0.1) is 0 Å². The van der Waals surface area contributed by atoms with Crippen LogP contribution in [0.2, 0.25) is 10.0 Å². The van der Waals surface area contributed by atoms with Gasteiger partial charge in [-0.25, -0.2) is 16.8 Å². The molecule has 1 aromatic carbocycles. The third-order valence-corrected chi connectivity index (χ3v) is 6.56. The van der Waals surface area contributed by atoms with Crippen molar-refractivity contribution in [2.75, 3.05) is 25.6 Å². The van der Waals surface area contributed by atoms with E-state index in [9.17, 15) is 16.8 Å². The van der Waals surface area contributed by atoms with E-state index in [1.807, 2.05) is 0 Å². The van der Waals surface area contributed by atoms with Crippen molar-refractivity contribution in [1.82, 2.24) is 4.31 Å². The van der Waals surface area contributed by atoms with Crippen molar-refractivity contribution >= 4 is 54.7 Å². The predicted molar refractivity (Wildman–Crippen MR) is 85.5 cm³/mol. The van der Waals surface area contributed by atoms with Gasteiger partial charge in [0.25, 0.3) is 0 Å². The van der Waals surface area contributed by atoms with Gasteiger partial charge in [0.15, 0.2) is 0 Å². The molecule has 0 unspecified atom stereocenters. The van der Waals surface area contributed by atoms with Crippen LogP contribution in [0.1, 0.15) is 5.56 Å². The van der Waals surface area contributed by atoms with E-state index in [1.54, 1.807) is 0 Å². The van der Waals surface area contributed by atoms with Crippen LogP contribution < -0.4 is 0 Å². The minimum Gasteiger partial charge on any atom is -0.229 e. The molecule has 0 N–H and O–H groups in total. The molecule has 0 aromatic heterocycles. The standard InChI is InChI=1S/C11H14Cl3NO4S2/c1-15(3-4-20(2,16)17)21(18,19)10-6-9(13)5-8(7-12)11(10)14/h5-6H,3-4,7H2,1-2H3. The van der Waals surface area contributed by atoms with Gasteiger partial charge in [-0.15, -0.1) is 11.6 Å². The molecule has 0 heterocycles. The van der Waals surface area contributed by atoms with E-state index in [0.717, 1.165) is 10.6 Å². The molecule has 10 heteroatoms. The van der Waals surface area contributed by atoms with Crippen molar-refractivity contribution in [1.29, 1.82) is 0 Å². The van der Waals surface area contributed by atoms with Gasteiger partial charge in [-0.1, -0.05) is 23.2 Å². The van der Waals surface area contributed by atoms with Crippen molar-refractivity contribution in [3.05, 3.63) is 27.7 Å². The van der Waals surface area contributed by atoms with Gasteiger partial charge >= 0.3 is 0 Å². The largest absolute Gasteiger partial charge is 0.244 e. The quantitative estimate of drug-likeness (QED) is 0.695. The van der Waals surface area contributed by atoms with E-state index in [0.29, 0.717) is 5.56 Å². The number of sulfone groups is 1. The SMILES string of the molecule is CN(CCS(C)(=O)=O)S(=O)(=O)c1cc(Cl)cc(CCl)c1Cl. The van der Waals surface area contributed by atoms with Gasteiger partial charge in [0.05, 0.1) is 10.8 Å². The maximum absolute atomic E-state index is 12.4. The smallest absolute Gasteiger partial charge is 0.229 e. The Morgan fingerprint density at radius 2 is 1.71 bits per heavy atom. The summed E-state index contributed by atoms with van der Waals surface area (Å²) in [6.07, 6.45) is 1.03. The molecule has 0 saturated carbocycles. The molecule has 1 aromatic rings. The Morgan fingerprint density at radius 1 is 1.14 bits per heavy atom. The van der Waals surface area contributed by atoms with E-state index in [-0.39, 0.29) is 33.1 Å². The van der Waals surface area contributed by atoms with E-state index >= 15 is 0 Å². The van der Waals surface area contributed by atoms with Crippen LogP contribution in [0.3, 0.4) is 0 Å². The first-order chi connectivity index (χ1) is 9.49. The minimum atomic E-state index is -3.95. The maximum Gasteiger partial charge on any atom is 0.244 e. The Hall–Kier alpha value is -0.0500. The lowest BCUT2D eigenvalue weighted by Crippen LogP contribution is -2.31. The van der Waals surface area contributed by atoms with Crippen LogP contribution in [0.25, 0.3) is 0 Å². The van der Waals surface area contributed by atoms with Gasteiger partial charge < -0.3 is 0 Å². The first-order valence-corrected chi connectivity index (χ1v) is 10.5. The number of alkyl halides is 1. The molecular weight excluding hydrogens is 381 g/mol. The topological polar surface area (TPSA) is 71.5 Å². The number of hydrogen-bond donors (Lipinski definition) is 0. The zero-order valence-electron chi connectivity index (χ0n) is 11.3. The number of nitrogens with zero attached hydrogens (tertiary/aromatic N) is 1. The summed E-state index contributed by atoms with van der Waals surface area (Å²) in [5.74, 6) is -0.280. The van der Waals surface area contributed by atoms with Crippen LogP contribution in [0.5, 0.6) is 0 Å². The van der Waals surface area contributed by atoms with E-state index < -0.39 is 19.9 Å². The van der Waals surface area contributed by atoms with Gasteiger partial charge in [0.1, 0.15) is 14.7 Å². The number of rotatable bonds is 6. The highest BCUT2D eigenvalue weighted by molar-refractivity contribution is 7.91. The van der Waals surface area contributed by atoms with E-state index in [1.165, 1.54) is 19.2 Å². The van der Waals surface area contributed by atoms with E-state index in [4.69, 9.17) is 34.8 Å². The Bertz CT molecular complexity index is 732. The number of hydrogen-bond acceptors (Lipinski definition) is 4. The monoisotopic (exact) mass is 393 g/mol. The molecule has 0 spiro atoms. The van der Waals surface area contributed by atoms with Crippen molar-refractivity contribution in [2.45, 2.75) is 10.8 Å². The molecule has 0 saturated heterocycles. The first-order valence-electron chi connectivity index (χ1n) is 5.67. The second-order valence-corrected chi connectivity index (χ2v) is 9.82. The summed E-state index contributed by atoms with van der Waals surface area (Å²) >= 11 is 17.6. The second kappa shape index (κ2) is 7.02. The zero-order chi connectivity index (χ0) is 16.4. The minimum absolute atomic E-state index is 0.00890. The predicted octanol–water partition coefficient (Wildman–Crippen LogP) is 2.40. The van der Waals surface area contributed by atoms with Gasteiger partial charge in [-0.05, 0) is 17.7 Å². The summed E-state index contributed by atoms with van der Waals surface area (Å²) < 4.78 is 48.1. The Labute approximate surface area is 139 Å². The summed E-state index contributed by atoms with van der Waals surface area (Å²) in [4.78, 5) is -0.191. The highest BCUT2D eigenvalue weighted by atomic mass is 35.5. The van der Waals surface area contributed by atoms with Crippen molar-refractivity contribution in [3.8, 4) is 0 Å². The second-order valence-electron chi connectivity index (χ2n) is 4.47. The Kier molecular flexibility index (Phi) is 6.35. The normalized spacial score (nSPS) is 12.9. The molecule has 1 rings (SSSR count). The molecule has 120 valence electrons. The summed E-state index contributed by atoms with van der Waals surface area (Å²) in [7, 11) is -5.96. The molecule has 0 bridgehead atoms. The number of halogens is 3. The lowest BCUT2D eigenvalue weighted by atomic mass is 10.2. The molecule has 0 fully saturated rings. The Morgan fingerprint density at radius 3 is 2.19 bits per heavy atom. The fraction of sp³-hybridized carbons (Fsp3) is 0.455. The summed E-state index contributed by atoms with van der Waals surface area (Å²) in [6, 6.07) is 2.69. The fourth-order valence-electron chi connectivity index (χ4n) is 1.49. The van der Waals surface area contributed by atoms with Crippen LogP contribution in [0.4, 0.5) is 0 Å². The molecular formula is C11H14Cl3NO4S2. The van der Waals surface area contributed by atoms with Crippen LogP contribution in [-0.4, -0.2) is 46.7 Å². The average molecular weight is 395 g/mol. The maximum atomic E-state index is 12.4. The molecule has 0 atom stereocenters. The number of benzene rings is 1. The summed E-state index contributed by atoms with van der Waals surface area (Å²) in [6.45, 7) is -0.180. The first kappa shape index (κ1) is 19.0. The number of sulfonamides is 1. The van der Waals surface area contributed by atoms with Crippen LogP contribution >= 0.6 is 34.8 Å². The Balaban J connectivity index is 3.22. The molecule has 0 aliphatic heterocycles. The molecule has 0 aliphatic carbocycles. The van der Waals surface area contributed by atoms with Gasteiger partial charge in [-0.3, -0.25) is 0 Å². The molecule has 5 nitrogen and oxygen atoms in total. The van der Waals surface area contributed by atoms with Crippen LogP contribution in [0.15, 0.2) is 17.0 Å². The molecule has 21 heavy (non-hydrogen) atoms. The molecule has 0 amide bonds.